The monoisotopic (exact) mass is 660 g/mol. The number of likely N-dealkylation sites (tertiary alicyclic amines) is 2. The van der Waals surface area contributed by atoms with Gasteiger partial charge in [0.25, 0.3) is 12.9 Å². The van der Waals surface area contributed by atoms with Gasteiger partial charge in [0.2, 0.25) is 5.91 Å². The molecule has 0 radical (unpaired) electrons. The first-order valence-electron chi connectivity index (χ1n) is 15.5. The van der Waals surface area contributed by atoms with E-state index in [-0.39, 0.29) is 47.7 Å². The molecule has 3 aromatic rings. The van der Waals surface area contributed by atoms with Crippen LogP contribution in [0.1, 0.15) is 93.2 Å². The Morgan fingerprint density at radius 1 is 1.20 bits per heavy atom. The number of alkyl halides is 2. The second kappa shape index (κ2) is 14.4. The van der Waals surface area contributed by atoms with Crippen molar-refractivity contribution in [3.8, 4) is 0 Å². The first-order chi connectivity index (χ1) is 21.7. The molecule has 4 heterocycles. The number of amides is 1. The molecule has 0 spiro atoms. The second-order valence-electron chi connectivity index (χ2n) is 13.3. The Kier molecular flexibility index (Phi) is 11.0. The maximum absolute atomic E-state index is 14.5. The average molecular weight is 661 g/mol. The van der Waals surface area contributed by atoms with Gasteiger partial charge in [0, 0.05) is 73.1 Å². The van der Waals surface area contributed by atoms with Gasteiger partial charge in [0.15, 0.2) is 5.78 Å². The fourth-order valence-corrected chi connectivity index (χ4v) is 6.84. The first kappa shape index (κ1) is 35.2. The third-order valence-electron chi connectivity index (χ3n) is 8.82. The Balaban J connectivity index is 0.00000154. The Bertz CT molecular complexity index is 1590. The van der Waals surface area contributed by atoms with Crippen molar-refractivity contribution in [3.05, 3.63) is 58.3 Å². The summed E-state index contributed by atoms with van der Waals surface area (Å²) in [5.41, 5.74) is 2.02. The van der Waals surface area contributed by atoms with Crippen molar-refractivity contribution < 1.29 is 28.3 Å². The summed E-state index contributed by atoms with van der Waals surface area (Å²) in [6.07, 6.45) is 0.0455. The second-order valence-corrected chi connectivity index (χ2v) is 13.7. The van der Waals surface area contributed by atoms with Crippen LogP contribution in [-0.4, -0.2) is 85.0 Å². The molecule has 10 nitrogen and oxygen atoms in total. The SMILES string of the molecule is C=CC(=O)N1CC(CC(=O)c2c(C(F)F)nc(CCc3[nH]nc4cc(Cl)c(C(C)(C)C)cc34)n2C2CCN(C(C)C)C2)C1.O=CO. The van der Waals surface area contributed by atoms with Crippen LogP contribution < -0.4 is 0 Å². The van der Waals surface area contributed by atoms with Gasteiger partial charge in [-0.25, -0.2) is 13.8 Å². The van der Waals surface area contributed by atoms with E-state index in [0.29, 0.717) is 49.4 Å². The van der Waals surface area contributed by atoms with Crippen molar-refractivity contribution in [3.63, 3.8) is 0 Å². The highest BCUT2D eigenvalue weighted by Gasteiger charge is 2.37. The normalized spacial score (nSPS) is 17.3. The quantitative estimate of drug-likeness (QED) is 0.155. The van der Waals surface area contributed by atoms with Crippen LogP contribution >= 0.6 is 11.6 Å². The van der Waals surface area contributed by atoms with Crippen molar-refractivity contribution in [2.45, 2.75) is 84.2 Å². The number of carboxylic acid groups (broad SMARTS) is 1. The maximum Gasteiger partial charge on any atom is 0.290 e. The number of H-pyrrole nitrogens is 1. The number of carbonyl (C=O) groups excluding carboxylic acids is 2. The van der Waals surface area contributed by atoms with Gasteiger partial charge >= 0.3 is 0 Å². The van der Waals surface area contributed by atoms with E-state index in [9.17, 15) is 18.4 Å². The van der Waals surface area contributed by atoms with Crippen LogP contribution in [0.3, 0.4) is 0 Å². The Labute approximate surface area is 272 Å². The zero-order chi connectivity index (χ0) is 33.9. The molecule has 2 aliphatic heterocycles. The van der Waals surface area contributed by atoms with E-state index >= 15 is 0 Å². The van der Waals surface area contributed by atoms with Gasteiger partial charge in [0.05, 0.1) is 5.52 Å². The number of rotatable bonds is 10. The third-order valence-corrected chi connectivity index (χ3v) is 9.13. The van der Waals surface area contributed by atoms with E-state index in [4.69, 9.17) is 21.5 Å². The van der Waals surface area contributed by atoms with Gasteiger partial charge in [-0.1, -0.05) is 39.0 Å². The fourth-order valence-electron chi connectivity index (χ4n) is 6.40. The summed E-state index contributed by atoms with van der Waals surface area (Å²) in [4.78, 5) is 42.3. The van der Waals surface area contributed by atoms with E-state index in [1.165, 1.54) is 6.08 Å². The van der Waals surface area contributed by atoms with Crippen LogP contribution in [0.5, 0.6) is 0 Å². The lowest BCUT2D eigenvalue weighted by Crippen LogP contribution is -2.50. The van der Waals surface area contributed by atoms with Crippen molar-refractivity contribution in [2.75, 3.05) is 26.2 Å². The van der Waals surface area contributed by atoms with Gasteiger partial charge in [-0.3, -0.25) is 24.4 Å². The van der Waals surface area contributed by atoms with Gasteiger partial charge < -0.3 is 14.6 Å². The van der Waals surface area contributed by atoms with Crippen molar-refractivity contribution in [1.82, 2.24) is 29.5 Å². The molecule has 1 aromatic carbocycles. The molecule has 0 bridgehead atoms. The van der Waals surface area contributed by atoms with E-state index in [1.54, 1.807) is 4.90 Å². The minimum absolute atomic E-state index is 0.0189. The van der Waals surface area contributed by atoms with Crippen molar-refractivity contribution >= 4 is 40.7 Å². The lowest BCUT2D eigenvalue weighted by atomic mass is 9.86. The molecule has 0 saturated carbocycles. The molecule has 5 rings (SSSR count). The van der Waals surface area contributed by atoms with E-state index < -0.39 is 12.1 Å². The Hall–Kier alpha value is -3.64. The van der Waals surface area contributed by atoms with Gasteiger partial charge in [0.1, 0.15) is 17.2 Å². The van der Waals surface area contributed by atoms with Crippen molar-refractivity contribution in [2.24, 2.45) is 5.92 Å². The standard InChI is InChI=1S/C32H41ClF2N6O2.CH2O2/c1-7-28(43)40-15-19(16-40)12-26(42)30-29(31(34)35)36-27(41(30)20-10-11-39(17-20)18(2)3)9-8-24-21-13-22(32(4,5)6)23(33)14-25(21)38-37-24;2-1-3/h7,13-14,18-20,31H,1,8-12,15-17H2,2-6H3,(H,37,38);1H,(H,2,3). The molecular formula is C33H43ClF2N6O4. The number of aryl methyl sites for hydroxylation is 2. The molecule has 2 aliphatic rings. The fraction of sp³-hybridized carbons (Fsp3) is 0.545. The van der Waals surface area contributed by atoms with Gasteiger partial charge in [-0.15, -0.1) is 0 Å². The topological polar surface area (TPSA) is 124 Å². The van der Waals surface area contributed by atoms with Crippen LogP contribution in [0.2, 0.25) is 5.02 Å². The van der Waals surface area contributed by atoms with Gasteiger partial charge in [-0.2, -0.15) is 5.10 Å². The molecule has 1 unspecified atom stereocenters. The number of hydrogen-bond donors (Lipinski definition) is 2. The molecule has 0 aliphatic carbocycles. The van der Waals surface area contributed by atoms with Gasteiger partial charge in [-0.05, 0) is 55.9 Å². The Morgan fingerprint density at radius 3 is 2.43 bits per heavy atom. The summed E-state index contributed by atoms with van der Waals surface area (Å²) < 4.78 is 30.8. The lowest BCUT2D eigenvalue weighted by Gasteiger charge is -2.38. The summed E-state index contributed by atoms with van der Waals surface area (Å²) in [7, 11) is 0. The number of imidazole rings is 1. The molecule has 2 fully saturated rings. The summed E-state index contributed by atoms with van der Waals surface area (Å²) in [5, 5.41) is 16.0. The van der Waals surface area contributed by atoms with Crippen LogP contribution in [0.4, 0.5) is 8.78 Å². The van der Waals surface area contributed by atoms with E-state index in [2.05, 4.69) is 67.3 Å². The predicted molar refractivity (Wildman–Crippen MR) is 173 cm³/mol. The molecular weight excluding hydrogens is 618 g/mol. The Morgan fingerprint density at radius 2 is 1.87 bits per heavy atom. The lowest BCUT2D eigenvalue weighted by molar-refractivity contribution is -0.132. The number of nitrogens with one attached hydrogen (secondary N) is 1. The zero-order valence-corrected chi connectivity index (χ0v) is 27.8. The van der Waals surface area contributed by atoms with Crippen LogP contribution in [0.25, 0.3) is 10.9 Å². The molecule has 2 aromatic heterocycles. The number of benzene rings is 1. The number of Topliss-reactive ketones (excluding diaryl/α,β-unsaturated/α-hetero) is 1. The van der Waals surface area contributed by atoms with E-state index in [1.807, 2.05) is 10.6 Å². The summed E-state index contributed by atoms with van der Waals surface area (Å²) in [6.45, 7) is 16.1. The van der Waals surface area contributed by atoms with E-state index in [0.717, 1.165) is 35.1 Å². The zero-order valence-electron chi connectivity index (χ0n) is 27.0. The molecule has 250 valence electrons. The minimum atomic E-state index is -2.88. The highest BCUT2D eigenvalue weighted by molar-refractivity contribution is 6.32. The average Bonchev–Trinajstić information content (AvgIpc) is 3.69. The summed E-state index contributed by atoms with van der Waals surface area (Å²) in [5.74, 6) is -0.125. The molecule has 13 heteroatoms. The number of aromatic nitrogens is 4. The van der Waals surface area contributed by atoms with Crippen LogP contribution in [-0.2, 0) is 27.8 Å². The predicted octanol–water partition coefficient (Wildman–Crippen LogP) is 6.01. The largest absolute Gasteiger partial charge is 0.483 e. The summed E-state index contributed by atoms with van der Waals surface area (Å²) in [6, 6.07) is 4.07. The molecule has 2 N–H and O–H groups in total. The minimum Gasteiger partial charge on any atom is -0.483 e. The number of aromatic amines is 1. The maximum atomic E-state index is 14.5. The third kappa shape index (κ3) is 7.49. The molecule has 1 atom stereocenters. The number of halogens is 3. The molecule has 46 heavy (non-hydrogen) atoms. The number of fused-ring (bicyclic) bond motifs is 1. The number of carbonyl (C=O) groups is 3. The van der Waals surface area contributed by atoms with Crippen LogP contribution in [0.15, 0.2) is 24.8 Å². The first-order valence-corrected chi connectivity index (χ1v) is 15.9. The highest BCUT2D eigenvalue weighted by Crippen LogP contribution is 2.36. The number of ketones is 1. The summed E-state index contributed by atoms with van der Waals surface area (Å²) >= 11 is 6.56. The smallest absolute Gasteiger partial charge is 0.290 e. The molecule has 2 saturated heterocycles. The van der Waals surface area contributed by atoms with Crippen molar-refractivity contribution in [1.29, 1.82) is 0 Å². The van der Waals surface area contributed by atoms with Crippen LogP contribution in [0, 0.1) is 5.92 Å². The number of nitrogens with zero attached hydrogens (tertiary/aromatic N) is 5. The number of hydrogen-bond acceptors (Lipinski definition) is 6. The highest BCUT2D eigenvalue weighted by atomic mass is 35.5. The molecule has 1 amide bonds.